The van der Waals surface area contributed by atoms with E-state index in [4.69, 9.17) is 16.3 Å². The maximum absolute atomic E-state index is 12.0. The van der Waals surface area contributed by atoms with Crippen LogP contribution in [-0.4, -0.2) is 29.4 Å². The number of non-ortho nitro benzene ring substituents is 1. The molecule has 3 atom stereocenters. The van der Waals surface area contributed by atoms with Gasteiger partial charge in [-0.1, -0.05) is 38.3 Å². The van der Waals surface area contributed by atoms with Crippen LogP contribution in [-0.2, 0) is 9.53 Å². The van der Waals surface area contributed by atoms with Crippen molar-refractivity contribution < 1.29 is 19.2 Å². The van der Waals surface area contributed by atoms with Gasteiger partial charge in [-0.05, 0) is 24.3 Å². The van der Waals surface area contributed by atoms with E-state index in [9.17, 15) is 19.7 Å². The van der Waals surface area contributed by atoms with Crippen molar-refractivity contribution in [3.8, 4) is 0 Å². The number of nitro benzene ring substituents is 1. The molecule has 1 aliphatic rings. The first kappa shape index (κ1) is 19.2. The van der Waals surface area contributed by atoms with E-state index >= 15 is 0 Å². The van der Waals surface area contributed by atoms with Gasteiger partial charge in [0.15, 0.2) is 6.61 Å². The van der Waals surface area contributed by atoms with Crippen LogP contribution in [0.5, 0.6) is 0 Å². The van der Waals surface area contributed by atoms with Crippen LogP contribution in [0.3, 0.4) is 0 Å². The van der Waals surface area contributed by atoms with Crippen molar-refractivity contribution in [2.45, 2.75) is 39.2 Å². The number of ether oxygens (including phenoxy) is 1. The highest BCUT2D eigenvalue weighted by atomic mass is 35.5. The van der Waals surface area contributed by atoms with E-state index in [1.165, 1.54) is 6.07 Å². The molecule has 1 aliphatic carbocycles. The van der Waals surface area contributed by atoms with Crippen molar-refractivity contribution in [1.82, 2.24) is 5.32 Å². The van der Waals surface area contributed by atoms with Gasteiger partial charge in [0.1, 0.15) is 0 Å². The van der Waals surface area contributed by atoms with Gasteiger partial charge >= 0.3 is 5.97 Å². The summed E-state index contributed by atoms with van der Waals surface area (Å²) >= 11 is 5.87. The normalized spacial score (nSPS) is 22.9. The van der Waals surface area contributed by atoms with Gasteiger partial charge in [-0.3, -0.25) is 14.9 Å². The van der Waals surface area contributed by atoms with Gasteiger partial charge in [0.2, 0.25) is 0 Å². The Morgan fingerprint density at radius 2 is 2.08 bits per heavy atom. The quantitative estimate of drug-likeness (QED) is 0.488. The van der Waals surface area contributed by atoms with E-state index in [2.05, 4.69) is 19.2 Å². The Morgan fingerprint density at radius 3 is 2.72 bits per heavy atom. The molecule has 2 rings (SSSR count). The lowest BCUT2D eigenvalue weighted by Crippen LogP contribution is -2.45. The standard InChI is InChI=1S/C17H21ClN2O5/c1-10-4-3-5-15(11(10)2)19-16(21)9-25-17(22)13-7-6-12(20(23)24)8-14(13)18/h6-8,10-11,15H,3-5,9H2,1-2H3,(H,19,21). The van der Waals surface area contributed by atoms with Crippen LogP contribution in [0, 0.1) is 22.0 Å². The van der Waals surface area contributed by atoms with Crippen LogP contribution in [0.4, 0.5) is 5.69 Å². The fourth-order valence-corrected chi connectivity index (χ4v) is 3.28. The van der Waals surface area contributed by atoms with Gasteiger partial charge < -0.3 is 10.1 Å². The Hall–Kier alpha value is -2.15. The topological polar surface area (TPSA) is 98.5 Å². The van der Waals surface area contributed by atoms with Gasteiger partial charge in [0.05, 0.1) is 15.5 Å². The molecular formula is C17H21ClN2O5. The summed E-state index contributed by atoms with van der Waals surface area (Å²) in [5, 5.41) is 13.5. The van der Waals surface area contributed by atoms with Gasteiger partial charge in [-0.25, -0.2) is 4.79 Å². The molecular weight excluding hydrogens is 348 g/mol. The number of rotatable bonds is 5. The first-order valence-corrected chi connectivity index (χ1v) is 8.57. The summed E-state index contributed by atoms with van der Waals surface area (Å²) in [6.45, 7) is 3.86. The predicted molar refractivity (Wildman–Crippen MR) is 92.5 cm³/mol. The van der Waals surface area contributed by atoms with E-state index in [0.717, 1.165) is 31.4 Å². The molecule has 136 valence electrons. The predicted octanol–water partition coefficient (Wildman–Crippen LogP) is 3.35. The first-order chi connectivity index (χ1) is 11.8. The highest BCUT2D eigenvalue weighted by Crippen LogP contribution is 2.29. The third-order valence-corrected chi connectivity index (χ3v) is 5.08. The number of benzene rings is 1. The molecule has 3 unspecified atom stereocenters. The van der Waals surface area contributed by atoms with Gasteiger partial charge in [-0.2, -0.15) is 0 Å². The lowest BCUT2D eigenvalue weighted by Gasteiger charge is -2.34. The smallest absolute Gasteiger partial charge is 0.340 e. The molecule has 1 amide bonds. The molecule has 1 aromatic carbocycles. The minimum atomic E-state index is -0.792. The molecule has 1 saturated carbocycles. The van der Waals surface area contributed by atoms with Gasteiger partial charge in [-0.15, -0.1) is 0 Å². The zero-order valence-electron chi connectivity index (χ0n) is 14.2. The number of hydrogen-bond donors (Lipinski definition) is 1. The van der Waals surface area contributed by atoms with Crippen LogP contribution < -0.4 is 5.32 Å². The number of amides is 1. The highest BCUT2D eigenvalue weighted by Gasteiger charge is 2.28. The van der Waals surface area contributed by atoms with Crippen LogP contribution in [0.1, 0.15) is 43.5 Å². The largest absolute Gasteiger partial charge is 0.452 e. The average molecular weight is 369 g/mol. The van der Waals surface area contributed by atoms with Crippen LogP contribution in [0.2, 0.25) is 5.02 Å². The Balaban J connectivity index is 1.89. The van der Waals surface area contributed by atoms with E-state index in [0.29, 0.717) is 11.8 Å². The SMILES string of the molecule is CC1CCCC(NC(=O)COC(=O)c2ccc([N+](=O)[O-])cc2Cl)C1C. The number of carbonyl (C=O) groups excluding carboxylic acids is 2. The monoisotopic (exact) mass is 368 g/mol. The number of halogens is 1. The third kappa shape index (κ3) is 4.92. The Labute approximate surface area is 150 Å². The number of hydrogen-bond acceptors (Lipinski definition) is 5. The minimum Gasteiger partial charge on any atom is -0.452 e. The maximum Gasteiger partial charge on any atom is 0.340 e. The van der Waals surface area contributed by atoms with Crippen molar-refractivity contribution in [1.29, 1.82) is 0 Å². The number of nitro groups is 1. The van der Waals surface area contributed by atoms with Crippen molar-refractivity contribution in [3.63, 3.8) is 0 Å². The fourth-order valence-electron chi connectivity index (χ4n) is 3.03. The summed E-state index contributed by atoms with van der Waals surface area (Å²) in [5.41, 5.74) is -0.237. The molecule has 0 bridgehead atoms. The second-order valence-electron chi connectivity index (χ2n) is 6.44. The van der Waals surface area contributed by atoms with E-state index in [-0.39, 0.29) is 28.2 Å². The summed E-state index contributed by atoms with van der Waals surface area (Å²) < 4.78 is 4.97. The first-order valence-electron chi connectivity index (χ1n) is 8.20. The second-order valence-corrected chi connectivity index (χ2v) is 6.85. The van der Waals surface area contributed by atoms with Gasteiger partial charge in [0.25, 0.3) is 11.6 Å². The zero-order valence-corrected chi connectivity index (χ0v) is 14.9. The number of esters is 1. The third-order valence-electron chi connectivity index (χ3n) is 4.77. The van der Waals surface area contributed by atoms with E-state index < -0.39 is 17.5 Å². The summed E-state index contributed by atoms with van der Waals surface area (Å²) in [4.78, 5) is 34.1. The summed E-state index contributed by atoms with van der Waals surface area (Å²) in [6, 6.07) is 3.53. The molecule has 7 nitrogen and oxygen atoms in total. The second kappa shape index (κ2) is 8.29. The molecule has 1 N–H and O–H groups in total. The van der Waals surface area contributed by atoms with Crippen molar-refractivity contribution in [2.75, 3.05) is 6.61 Å². The summed E-state index contributed by atoms with van der Waals surface area (Å²) in [6.07, 6.45) is 3.13. The molecule has 0 aliphatic heterocycles. The molecule has 1 aromatic rings. The van der Waals surface area contributed by atoms with E-state index in [1.807, 2.05) is 0 Å². The molecule has 0 radical (unpaired) electrons. The van der Waals surface area contributed by atoms with Crippen LogP contribution >= 0.6 is 11.6 Å². The highest BCUT2D eigenvalue weighted by molar-refractivity contribution is 6.33. The number of carbonyl (C=O) groups is 2. The average Bonchev–Trinajstić information content (AvgIpc) is 2.56. The number of nitrogens with zero attached hydrogens (tertiary/aromatic N) is 1. The molecule has 8 heteroatoms. The molecule has 25 heavy (non-hydrogen) atoms. The molecule has 0 heterocycles. The maximum atomic E-state index is 12.0. The van der Waals surface area contributed by atoms with Crippen molar-refractivity contribution in [2.24, 2.45) is 11.8 Å². The molecule has 0 saturated heterocycles. The minimum absolute atomic E-state index is 0.0141. The van der Waals surface area contributed by atoms with Gasteiger partial charge in [0, 0.05) is 18.2 Å². The van der Waals surface area contributed by atoms with Crippen LogP contribution in [0.25, 0.3) is 0 Å². The Morgan fingerprint density at radius 1 is 1.36 bits per heavy atom. The van der Waals surface area contributed by atoms with Crippen molar-refractivity contribution >= 4 is 29.2 Å². The van der Waals surface area contributed by atoms with Crippen LogP contribution in [0.15, 0.2) is 18.2 Å². The molecule has 0 spiro atoms. The fraction of sp³-hybridized carbons (Fsp3) is 0.529. The molecule has 1 fully saturated rings. The van der Waals surface area contributed by atoms with E-state index in [1.54, 1.807) is 0 Å². The summed E-state index contributed by atoms with van der Waals surface area (Å²) in [5.74, 6) is -0.240. The zero-order chi connectivity index (χ0) is 18.6. The Kier molecular flexibility index (Phi) is 6.36. The lowest BCUT2D eigenvalue weighted by molar-refractivity contribution is -0.384. The van der Waals surface area contributed by atoms with Crippen molar-refractivity contribution in [3.05, 3.63) is 38.9 Å². The molecule has 0 aromatic heterocycles. The number of nitrogens with one attached hydrogen (secondary N) is 1. The lowest BCUT2D eigenvalue weighted by atomic mass is 9.78. The Bertz CT molecular complexity index is 679. The summed E-state index contributed by atoms with van der Waals surface area (Å²) in [7, 11) is 0.